The lowest BCUT2D eigenvalue weighted by atomic mass is 10.1. The van der Waals surface area contributed by atoms with Gasteiger partial charge in [-0.1, -0.05) is 184 Å². The summed E-state index contributed by atoms with van der Waals surface area (Å²) in [6.07, 6.45) is 49.5. The number of esters is 3. The minimum absolute atomic E-state index is 0.106. The molecule has 53 heavy (non-hydrogen) atoms. The van der Waals surface area contributed by atoms with Crippen molar-refractivity contribution in [3.63, 3.8) is 0 Å². The molecule has 6 nitrogen and oxygen atoms in total. The van der Waals surface area contributed by atoms with E-state index in [2.05, 4.69) is 69.4 Å². The molecule has 0 aromatic rings. The summed E-state index contributed by atoms with van der Waals surface area (Å²) >= 11 is 0. The van der Waals surface area contributed by atoms with E-state index in [9.17, 15) is 14.4 Å². The number of hydrogen-bond donors (Lipinski definition) is 0. The molecule has 0 aliphatic heterocycles. The van der Waals surface area contributed by atoms with Gasteiger partial charge in [0.2, 0.25) is 0 Å². The number of ether oxygens (including phenoxy) is 3. The first kappa shape index (κ1) is 50.1. The van der Waals surface area contributed by atoms with E-state index in [-0.39, 0.29) is 31.6 Å². The monoisotopic (exact) mass is 741 g/mol. The smallest absolute Gasteiger partial charge is 0.309 e. The molecule has 0 saturated carbocycles. The summed E-state index contributed by atoms with van der Waals surface area (Å²) in [5, 5.41) is 0. The molecule has 0 aromatic heterocycles. The summed E-state index contributed by atoms with van der Waals surface area (Å²) in [5.74, 6) is -1.05. The van der Waals surface area contributed by atoms with Crippen LogP contribution in [0.25, 0.3) is 0 Å². The van der Waals surface area contributed by atoms with Crippen molar-refractivity contribution in [3.8, 4) is 0 Å². The van der Waals surface area contributed by atoms with Crippen molar-refractivity contribution in [3.05, 3.63) is 60.8 Å². The van der Waals surface area contributed by atoms with Crippen molar-refractivity contribution in [1.29, 1.82) is 0 Å². The second-order valence-electron chi connectivity index (χ2n) is 14.3. The average molecular weight is 741 g/mol. The summed E-state index contributed by atoms with van der Waals surface area (Å²) < 4.78 is 16.5. The Labute approximate surface area is 326 Å². The Kier molecular flexibility index (Phi) is 39.6. The Morgan fingerprint density at radius 3 is 1.40 bits per heavy atom. The van der Waals surface area contributed by atoms with Crippen LogP contribution in [0.4, 0.5) is 0 Å². The van der Waals surface area contributed by atoms with Crippen LogP contribution in [-0.4, -0.2) is 37.2 Å². The first-order chi connectivity index (χ1) is 26.0. The van der Waals surface area contributed by atoms with Crippen LogP contribution < -0.4 is 0 Å². The van der Waals surface area contributed by atoms with Crippen molar-refractivity contribution in [1.82, 2.24) is 0 Å². The van der Waals surface area contributed by atoms with E-state index in [0.717, 1.165) is 64.2 Å². The van der Waals surface area contributed by atoms with Crippen LogP contribution in [0.3, 0.4) is 0 Å². The zero-order valence-corrected chi connectivity index (χ0v) is 34.5. The number of carbonyl (C=O) groups excluding carboxylic acids is 3. The topological polar surface area (TPSA) is 78.9 Å². The molecule has 0 saturated heterocycles. The largest absolute Gasteiger partial charge is 0.462 e. The maximum atomic E-state index is 12.7. The normalized spacial score (nSPS) is 12.6. The molecule has 6 heteroatoms. The minimum atomic E-state index is -0.809. The van der Waals surface area contributed by atoms with Gasteiger partial charge in [0.05, 0.1) is 6.42 Å². The van der Waals surface area contributed by atoms with Crippen LogP contribution in [0.1, 0.15) is 201 Å². The van der Waals surface area contributed by atoms with Crippen molar-refractivity contribution in [2.45, 2.75) is 207 Å². The molecule has 0 amide bonds. The lowest BCUT2D eigenvalue weighted by molar-refractivity contribution is -0.166. The average Bonchev–Trinajstić information content (AvgIpc) is 3.15. The molecular formula is C47H80O6. The third-order valence-corrected chi connectivity index (χ3v) is 9.07. The standard InChI is InChI=1S/C47H80O6/c1-4-7-10-13-16-19-21-22-23-24-26-28-31-34-37-40-46(49)52-43-44(42-51-45(48)39-36-33-30-27-18-15-12-9-6-3)53-47(50)41-38-35-32-29-25-20-17-14-11-8-5-2/h9,12,16,18-19,21-22,27,33,36,44H,4-8,10-11,13-15,17,20,23-26,28-32,34-35,37-43H2,1-3H3/b12-9-,19-16-,22-21-,27-18-,36-33-. The fourth-order valence-electron chi connectivity index (χ4n) is 5.79. The number of carbonyl (C=O) groups is 3. The van der Waals surface area contributed by atoms with E-state index in [4.69, 9.17) is 14.2 Å². The lowest BCUT2D eigenvalue weighted by Crippen LogP contribution is -2.30. The van der Waals surface area contributed by atoms with E-state index < -0.39 is 12.1 Å². The van der Waals surface area contributed by atoms with Crippen LogP contribution in [0.15, 0.2) is 60.8 Å². The molecule has 0 spiro atoms. The first-order valence-electron chi connectivity index (χ1n) is 21.8. The minimum Gasteiger partial charge on any atom is -0.462 e. The van der Waals surface area contributed by atoms with Crippen LogP contribution in [0.5, 0.6) is 0 Å². The van der Waals surface area contributed by atoms with E-state index in [1.807, 2.05) is 6.08 Å². The molecule has 304 valence electrons. The Hall–Kier alpha value is -2.89. The van der Waals surface area contributed by atoms with Crippen LogP contribution in [0.2, 0.25) is 0 Å². The number of allylic oxidation sites excluding steroid dienone is 9. The number of hydrogen-bond acceptors (Lipinski definition) is 6. The summed E-state index contributed by atoms with van der Waals surface area (Å²) in [4.78, 5) is 37.5. The SMILES string of the molecule is CC/C=C\C/C=C\C/C=C\CC(=O)OCC(COC(=O)CCCCCCCC/C=C\C=C/CCCCC)OC(=O)CCCCCCCCCCCCC. The first-order valence-corrected chi connectivity index (χ1v) is 21.8. The molecule has 0 aliphatic rings. The van der Waals surface area contributed by atoms with Gasteiger partial charge in [0.15, 0.2) is 6.10 Å². The van der Waals surface area contributed by atoms with Gasteiger partial charge in [-0.2, -0.15) is 0 Å². The Morgan fingerprint density at radius 1 is 0.434 bits per heavy atom. The van der Waals surface area contributed by atoms with E-state index >= 15 is 0 Å². The van der Waals surface area contributed by atoms with Gasteiger partial charge in [-0.25, -0.2) is 0 Å². The quantitative estimate of drug-likeness (QED) is 0.0206. The predicted octanol–water partition coefficient (Wildman–Crippen LogP) is 13.7. The van der Waals surface area contributed by atoms with Crippen molar-refractivity contribution in [2.75, 3.05) is 13.2 Å². The van der Waals surface area contributed by atoms with Crippen molar-refractivity contribution < 1.29 is 28.6 Å². The summed E-state index contributed by atoms with van der Waals surface area (Å²) in [5.41, 5.74) is 0. The molecule has 0 fully saturated rings. The Bertz CT molecular complexity index is 991. The molecule has 0 heterocycles. The fourth-order valence-corrected chi connectivity index (χ4v) is 5.79. The van der Waals surface area contributed by atoms with Gasteiger partial charge >= 0.3 is 17.9 Å². The van der Waals surface area contributed by atoms with Gasteiger partial charge in [0.25, 0.3) is 0 Å². The second-order valence-corrected chi connectivity index (χ2v) is 14.3. The fraction of sp³-hybridized carbons (Fsp3) is 0.723. The van der Waals surface area contributed by atoms with Crippen molar-refractivity contribution in [2.24, 2.45) is 0 Å². The molecule has 0 N–H and O–H groups in total. The van der Waals surface area contributed by atoms with Crippen LogP contribution in [0, 0.1) is 0 Å². The Balaban J connectivity index is 4.43. The van der Waals surface area contributed by atoms with Gasteiger partial charge in [0.1, 0.15) is 13.2 Å². The second kappa shape index (κ2) is 41.9. The maximum absolute atomic E-state index is 12.7. The summed E-state index contributed by atoms with van der Waals surface area (Å²) in [7, 11) is 0. The van der Waals surface area contributed by atoms with Gasteiger partial charge in [-0.15, -0.1) is 0 Å². The zero-order chi connectivity index (χ0) is 38.7. The number of rotatable bonds is 38. The van der Waals surface area contributed by atoms with Crippen LogP contribution in [-0.2, 0) is 28.6 Å². The Morgan fingerprint density at radius 2 is 0.849 bits per heavy atom. The summed E-state index contributed by atoms with van der Waals surface area (Å²) in [6, 6.07) is 0. The van der Waals surface area contributed by atoms with E-state index in [0.29, 0.717) is 12.8 Å². The molecule has 1 atom stereocenters. The molecule has 0 aliphatic carbocycles. The van der Waals surface area contributed by atoms with Gasteiger partial charge in [-0.05, 0) is 57.8 Å². The highest BCUT2D eigenvalue weighted by Crippen LogP contribution is 2.14. The lowest BCUT2D eigenvalue weighted by Gasteiger charge is -2.18. The number of unbranched alkanes of at least 4 members (excludes halogenated alkanes) is 19. The molecule has 0 bridgehead atoms. The highest BCUT2D eigenvalue weighted by Gasteiger charge is 2.19. The highest BCUT2D eigenvalue weighted by atomic mass is 16.6. The van der Waals surface area contributed by atoms with Crippen LogP contribution >= 0.6 is 0 Å². The van der Waals surface area contributed by atoms with E-state index in [1.165, 1.54) is 96.3 Å². The predicted molar refractivity (Wildman–Crippen MR) is 224 cm³/mol. The molecule has 0 radical (unpaired) electrons. The van der Waals surface area contributed by atoms with Gasteiger partial charge < -0.3 is 14.2 Å². The highest BCUT2D eigenvalue weighted by molar-refractivity contribution is 5.72. The summed E-state index contributed by atoms with van der Waals surface area (Å²) in [6.45, 7) is 6.35. The third kappa shape index (κ3) is 40.1. The third-order valence-electron chi connectivity index (χ3n) is 9.07. The van der Waals surface area contributed by atoms with Gasteiger partial charge in [-0.3, -0.25) is 14.4 Å². The molecule has 1 unspecified atom stereocenters. The van der Waals surface area contributed by atoms with Gasteiger partial charge in [0, 0.05) is 12.8 Å². The van der Waals surface area contributed by atoms with Crippen molar-refractivity contribution >= 4 is 17.9 Å². The zero-order valence-electron chi connectivity index (χ0n) is 34.5. The molecule has 0 rings (SSSR count). The maximum Gasteiger partial charge on any atom is 0.309 e. The molecular weight excluding hydrogens is 661 g/mol. The molecule has 0 aromatic carbocycles. The van der Waals surface area contributed by atoms with E-state index in [1.54, 1.807) is 6.08 Å².